The number of hydrogen-bond donors (Lipinski definition) is 2. The van der Waals surface area contributed by atoms with Gasteiger partial charge in [0, 0.05) is 20.6 Å². The van der Waals surface area contributed by atoms with Crippen molar-refractivity contribution < 1.29 is 19.1 Å². The van der Waals surface area contributed by atoms with Gasteiger partial charge in [-0.1, -0.05) is 13.3 Å². The molecule has 1 heterocycles. The highest BCUT2D eigenvalue weighted by Crippen LogP contribution is 2.11. The Morgan fingerprint density at radius 2 is 2.11 bits per heavy atom. The van der Waals surface area contributed by atoms with Crippen LogP contribution in [-0.2, 0) is 19.1 Å². The van der Waals surface area contributed by atoms with Crippen LogP contribution in [0.3, 0.4) is 0 Å². The van der Waals surface area contributed by atoms with Crippen LogP contribution < -0.4 is 10.6 Å². The third-order valence-corrected chi connectivity index (χ3v) is 3.36. The Hall–Kier alpha value is -1.14. The Labute approximate surface area is 114 Å². The average Bonchev–Trinajstić information content (AvgIpc) is 2.63. The standard InChI is InChI=1S/C13H24N2O4/c1-4-9(13(18-2)19-3)15-12(17)10-7-5-6-8-11(16)14-10/h9-10,13H,4-8H2,1-3H3,(H,14,16)(H,15,17)/t9-,10+/m0/s1. The zero-order chi connectivity index (χ0) is 14.3. The molecule has 0 bridgehead atoms. The fourth-order valence-electron chi connectivity index (χ4n) is 2.24. The first kappa shape index (κ1) is 15.9. The van der Waals surface area contributed by atoms with Gasteiger partial charge in [-0.25, -0.2) is 0 Å². The molecule has 0 aliphatic carbocycles. The van der Waals surface area contributed by atoms with Crippen molar-refractivity contribution in [2.24, 2.45) is 0 Å². The molecule has 1 fully saturated rings. The van der Waals surface area contributed by atoms with Gasteiger partial charge in [-0.2, -0.15) is 0 Å². The van der Waals surface area contributed by atoms with Gasteiger partial charge < -0.3 is 20.1 Å². The second kappa shape index (κ2) is 8.12. The number of carbonyl (C=O) groups is 2. The molecular weight excluding hydrogens is 248 g/mol. The minimum absolute atomic E-state index is 0.0549. The zero-order valence-electron chi connectivity index (χ0n) is 11.9. The SMILES string of the molecule is CC[C@H](NC(=O)[C@H]1CCCCC(=O)N1)C(OC)OC. The summed E-state index contributed by atoms with van der Waals surface area (Å²) in [6.07, 6.45) is 3.12. The Balaban J connectivity index is 2.58. The van der Waals surface area contributed by atoms with Gasteiger partial charge in [0.25, 0.3) is 0 Å². The van der Waals surface area contributed by atoms with Crippen LogP contribution in [0.2, 0.25) is 0 Å². The van der Waals surface area contributed by atoms with Gasteiger partial charge in [0.2, 0.25) is 11.8 Å². The number of methoxy groups -OCH3 is 2. The molecule has 1 saturated heterocycles. The summed E-state index contributed by atoms with van der Waals surface area (Å²) >= 11 is 0. The molecule has 0 spiro atoms. The molecule has 6 heteroatoms. The van der Waals surface area contributed by atoms with Crippen molar-refractivity contribution in [1.29, 1.82) is 0 Å². The molecule has 6 nitrogen and oxygen atoms in total. The van der Waals surface area contributed by atoms with E-state index in [4.69, 9.17) is 9.47 Å². The summed E-state index contributed by atoms with van der Waals surface area (Å²) in [4.78, 5) is 23.6. The van der Waals surface area contributed by atoms with E-state index >= 15 is 0 Å². The molecule has 2 N–H and O–H groups in total. The molecule has 19 heavy (non-hydrogen) atoms. The lowest BCUT2D eigenvalue weighted by Crippen LogP contribution is -2.52. The molecule has 1 aliphatic rings. The van der Waals surface area contributed by atoms with Crippen LogP contribution in [-0.4, -0.2) is 44.4 Å². The first-order valence-electron chi connectivity index (χ1n) is 6.77. The van der Waals surface area contributed by atoms with E-state index in [1.807, 2.05) is 6.92 Å². The second-order valence-corrected chi connectivity index (χ2v) is 4.73. The quantitative estimate of drug-likeness (QED) is 0.693. The number of hydrogen-bond acceptors (Lipinski definition) is 4. The molecule has 0 radical (unpaired) electrons. The molecule has 1 aliphatic heterocycles. The molecule has 2 amide bonds. The van der Waals surface area contributed by atoms with Crippen molar-refractivity contribution in [3.05, 3.63) is 0 Å². The van der Waals surface area contributed by atoms with Crippen LogP contribution in [0.1, 0.15) is 39.0 Å². The Morgan fingerprint density at radius 3 is 2.68 bits per heavy atom. The highest BCUT2D eigenvalue weighted by atomic mass is 16.7. The largest absolute Gasteiger partial charge is 0.354 e. The fourth-order valence-corrected chi connectivity index (χ4v) is 2.24. The van der Waals surface area contributed by atoms with E-state index < -0.39 is 12.3 Å². The minimum Gasteiger partial charge on any atom is -0.354 e. The van der Waals surface area contributed by atoms with E-state index in [0.717, 1.165) is 12.8 Å². The van der Waals surface area contributed by atoms with Crippen LogP contribution in [0.4, 0.5) is 0 Å². The van der Waals surface area contributed by atoms with Gasteiger partial charge in [-0.3, -0.25) is 9.59 Å². The van der Waals surface area contributed by atoms with E-state index in [1.165, 1.54) is 14.2 Å². The van der Waals surface area contributed by atoms with Crippen molar-refractivity contribution in [3.8, 4) is 0 Å². The first-order valence-corrected chi connectivity index (χ1v) is 6.77. The number of ether oxygens (including phenoxy) is 2. The maximum atomic E-state index is 12.2. The highest BCUT2D eigenvalue weighted by molar-refractivity contribution is 5.88. The lowest BCUT2D eigenvalue weighted by atomic mass is 10.1. The van der Waals surface area contributed by atoms with Crippen molar-refractivity contribution in [3.63, 3.8) is 0 Å². The lowest BCUT2D eigenvalue weighted by molar-refractivity contribution is -0.140. The van der Waals surface area contributed by atoms with Crippen LogP contribution in [0.5, 0.6) is 0 Å². The summed E-state index contributed by atoms with van der Waals surface area (Å²) in [7, 11) is 3.08. The monoisotopic (exact) mass is 272 g/mol. The summed E-state index contributed by atoms with van der Waals surface area (Å²) in [5, 5.41) is 5.63. The summed E-state index contributed by atoms with van der Waals surface area (Å²) in [5.74, 6) is -0.220. The predicted octanol–water partition coefficient (Wildman–Crippen LogP) is 0.559. The topological polar surface area (TPSA) is 76.7 Å². The van der Waals surface area contributed by atoms with Gasteiger partial charge in [0.15, 0.2) is 6.29 Å². The maximum Gasteiger partial charge on any atom is 0.242 e. The molecule has 0 unspecified atom stereocenters. The summed E-state index contributed by atoms with van der Waals surface area (Å²) in [5.41, 5.74) is 0. The smallest absolute Gasteiger partial charge is 0.242 e. The van der Waals surface area contributed by atoms with Crippen LogP contribution in [0.15, 0.2) is 0 Å². The van der Waals surface area contributed by atoms with Crippen molar-refractivity contribution >= 4 is 11.8 Å². The molecule has 2 atom stereocenters. The fraction of sp³-hybridized carbons (Fsp3) is 0.846. The lowest BCUT2D eigenvalue weighted by Gasteiger charge is -2.26. The summed E-state index contributed by atoms with van der Waals surface area (Å²) in [6.45, 7) is 1.95. The second-order valence-electron chi connectivity index (χ2n) is 4.73. The molecule has 0 aromatic rings. The van der Waals surface area contributed by atoms with Crippen molar-refractivity contribution in [1.82, 2.24) is 10.6 Å². The van der Waals surface area contributed by atoms with E-state index in [0.29, 0.717) is 19.3 Å². The van der Waals surface area contributed by atoms with E-state index in [1.54, 1.807) is 0 Å². The predicted molar refractivity (Wildman–Crippen MR) is 70.4 cm³/mol. The van der Waals surface area contributed by atoms with Gasteiger partial charge in [0.05, 0.1) is 6.04 Å². The average molecular weight is 272 g/mol. The van der Waals surface area contributed by atoms with Gasteiger partial charge in [-0.05, 0) is 19.3 Å². The normalized spacial score (nSPS) is 21.7. The third-order valence-electron chi connectivity index (χ3n) is 3.36. The van der Waals surface area contributed by atoms with E-state index in [-0.39, 0.29) is 17.9 Å². The Bertz CT molecular complexity index is 305. The number of amides is 2. The van der Waals surface area contributed by atoms with E-state index in [9.17, 15) is 9.59 Å². The van der Waals surface area contributed by atoms with Gasteiger partial charge in [0.1, 0.15) is 6.04 Å². The molecule has 110 valence electrons. The molecule has 1 rings (SSSR count). The zero-order valence-corrected chi connectivity index (χ0v) is 11.9. The van der Waals surface area contributed by atoms with Crippen LogP contribution in [0.25, 0.3) is 0 Å². The Kier molecular flexibility index (Phi) is 6.80. The van der Waals surface area contributed by atoms with Gasteiger partial charge in [-0.15, -0.1) is 0 Å². The van der Waals surface area contributed by atoms with Crippen LogP contribution >= 0.6 is 0 Å². The van der Waals surface area contributed by atoms with Crippen molar-refractivity contribution in [2.45, 2.75) is 57.4 Å². The molecular formula is C13H24N2O4. The van der Waals surface area contributed by atoms with Crippen molar-refractivity contribution in [2.75, 3.05) is 14.2 Å². The number of carbonyl (C=O) groups excluding carboxylic acids is 2. The first-order chi connectivity index (χ1) is 9.12. The highest BCUT2D eigenvalue weighted by Gasteiger charge is 2.27. The Morgan fingerprint density at radius 1 is 1.42 bits per heavy atom. The minimum atomic E-state index is -0.476. The van der Waals surface area contributed by atoms with E-state index in [2.05, 4.69) is 10.6 Å². The summed E-state index contributed by atoms with van der Waals surface area (Å²) in [6, 6.07) is -0.666. The van der Waals surface area contributed by atoms with Crippen LogP contribution in [0, 0.1) is 0 Å². The number of nitrogens with one attached hydrogen (secondary N) is 2. The summed E-state index contributed by atoms with van der Waals surface area (Å²) < 4.78 is 10.3. The number of rotatable bonds is 6. The molecule has 0 saturated carbocycles. The molecule has 0 aromatic carbocycles. The van der Waals surface area contributed by atoms with Gasteiger partial charge >= 0.3 is 0 Å². The molecule has 0 aromatic heterocycles. The maximum absolute atomic E-state index is 12.2. The third kappa shape index (κ3) is 4.80.